The molecule has 0 bridgehead atoms. The lowest BCUT2D eigenvalue weighted by atomic mass is 9.93. The van der Waals surface area contributed by atoms with Crippen LogP contribution in [0.25, 0.3) is 11.1 Å². The molecule has 7 heteroatoms. The number of piperidine rings is 1. The molecule has 30 heavy (non-hydrogen) atoms. The lowest BCUT2D eigenvalue weighted by Crippen LogP contribution is -2.34. The molecule has 6 nitrogen and oxygen atoms in total. The minimum atomic E-state index is -0.238. The zero-order chi connectivity index (χ0) is 21.3. The Labute approximate surface area is 177 Å². The minimum Gasteiger partial charge on any atom is -0.347 e. The van der Waals surface area contributed by atoms with Crippen molar-refractivity contribution < 1.29 is 4.39 Å². The van der Waals surface area contributed by atoms with Crippen LogP contribution < -0.4 is 4.90 Å². The molecule has 1 aliphatic heterocycles. The number of nitrogens with zero attached hydrogens (tertiary/aromatic N) is 6. The third-order valence-corrected chi connectivity index (χ3v) is 6.00. The van der Waals surface area contributed by atoms with Crippen LogP contribution in [-0.2, 0) is 13.6 Å². The minimum absolute atomic E-state index is 0.181. The van der Waals surface area contributed by atoms with Gasteiger partial charge in [0.25, 0.3) is 0 Å². The van der Waals surface area contributed by atoms with Gasteiger partial charge in [-0.1, -0.05) is 18.6 Å². The smallest absolute Gasteiger partial charge is 0.225 e. The number of halogens is 1. The second kappa shape index (κ2) is 8.52. The van der Waals surface area contributed by atoms with Gasteiger partial charge >= 0.3 is 0 Å². The molecule has 3 aromatic rings. The van der Waals surface area contributed by atoms with E-state index in [2.05, 4.69) is 21.9 Å². The van der Waals surface area contributed by atoms with Gasteiger partial charge in [-0.2, -0.15) is 5.10 Å². The number of aromatic nitrogens is 4. The first-order valence-electron chi connectivity index (χ1n) is 10.5. The standard InChI is InChI=1S/C23H29FN6/c1-16-18(13-26-29(16)4)15-30-12-6-5-7-21(30)22-20(14-25-23(27-22)28(2)3)17-8-10-19(24)11-9-17/h8-11,13-14,21H,5-7,12,15H2,1-4H3/t21-/m1/s1. The maximum Gasteiger partial charge on any atom is 0.225 e. The quantitative estimate of drug-likeness (QED) is 0.636. The maximum atomic E-state index is 13.5. The van der Waals surface area contributed by atoms with Crippen molar-refractivity contribution in [1.29, 1.82) is 0 Å². The first-order valence-corrected chi connectivity index (χ1v) is 10.5. The summed E-state index contributed by atoms with van der Waals surface area (Å²) in [5.41, 5.74) is 5.37. The highest BCUT2D eigenvalue weighted by molar-refractivity contribution is 5.66. The third-order valence-electron chi connectivity index (χ3n) is 6.00. The van der Waals surface area contributed by atoms with Crippen LogP contribution in [0.1, 0.15) is 42.3 Å². The van der Waals surface area contributed by atoms with Gasteiger partial charge in [0.15, 0.2) is 0 Å². The summed E-state index contributed by atoms with van der Waals surface area (Å²) in [6.07, 6.45) is 7.22. The van der Waals surface area contributed by atoms with Gasteiger partial charge in [-0.25, -0.2) is 14.4 Å². The van der Waals surface area contributed by atoms with E-state index in [9.17, 15) is 4.39 Å². The van der Waals surface area contributed by atoms with E-state index >= 15 is 0 Å². The molecule has 1 atom stereocenters. The summed E-state index contributed by atoms with van der Waals surface area (Å²) in [5.74, 6) is 0.455. The molecule has 1 aromatic carbocycles. The molecule has 1 saturated heterocycles. The summed E-state index contributed by atoms with van der Waals surface area (Å²) in [7, 11) is 5.88. The average Bonchev–Trinajstić information content (AvgIpc) is 3.06. The molecule has 0 radical (unpaired) electrons. The van der Waals surface area contributed by atoms with Crippen LogP contribution in [0.2, 0.25) is 0 Å². The van der Waals surface area contributed by atoms with Gasteiger partial charge in [0.1, 0.15) is 5.82 Å². The third kappa shape index (κ3) is 4.07. The van der Waals surface area contributed by atoms with E-state index in [0.29, 0.717) is 5.95 Å². The highest BCUT2D eigenvalue weighted by atomic mass is 19.1. The van der Waals surface area contributed by atoms with Gasteiger partial charge in [-0.05, 0) is 44.0 Å². The summed E-state index contributed by atoms with van der Waals surface area (Å²) in [6.45, 7) is 3.97. The van der Waals surface area contributed by atoms with Crippen molar-refractivity contribution in [3.8, 4) is 11.1 Å². The molecule has 0 unspecified atom stereocenters. The Balaban J connectivity index is 1.75. The number of benzene rings is 1. The van der Waals surface area contributed by atoms with E-state index in [1.165, 1.54) is 29.8 Å². The molecule has 0 saturated carbocycles. The normalized spacial score (nSPS) is 17.3. The van der Waals surface area contributed by atoms with Gasteiger partial charge < -0.3 is 4.90 Å². The van der Waals surface area contributed by atoms with Crippen molar-refractivity contribution in [2.45, 2.75) is 38.8 Å². The van der Waals surface area contributed by atoms with Crippen LogP contribution in [0.4, 0.5) is 10.3 Å². The molecule has 1 fully saturated rings. The van der Waals surface area contributed by atoms with Crippen molar-refractivity contribution in [1.82, 2.24) is 24.6 Å². The summed E-state index contributed by atoms with van der Waals surface area (Å²) in [4.78, 5) is 14.0. The second-order valence-electron chi connectivity index (χ2n) is 8.23. The van der Waals surface area contributed by atoms with Crippen LogP contribution >= 0.6 is 0 Å². The topological polar surface area (TPSA) is 50.1 Å². The van der Waals surface area contributed by atoms with E-state index in [0.717, 1.165) is 42.8 Å². The fourth-order valence-electron chi connectivity index (χ4n) is 4.11. The Morgan fingerprint density at radius 3 is 2.57 bits per heavy atom. The summed E-state index contributed by atoms with van der Waals surface area (Å²) >= 11 is 0. The van der Waals surface area contributed by atoms with Crippen LogP contribution in [0, 0.1) is 12.7 Å². The van der Waals surface area contributed by atoms with Gasteiger partial charge in [0, 0.05) is 50.7 Å². The molecule has 3 heterocycles. The number of hydrogen-bond acceptors (Lipinski definition) is 5. The highest BCUT2D eigenvalue weighted by Gasteiger charge is 2.29. The fourth-order valence-corrected chi connectivity index (χ4v) is 4.11. The number of hydrogen-bond donors (Lipinski definition) is 0. The van der Waals surface area contributed by atoms with Gasteiger partial charge in [0.05, 0.1) is 17.9 Å². The van der Waals surface area contributed by atoms with E-state index in [-0.39, 0.29) is 11.9 Å². The Hall–Kier alpha value is -2.80. The van der Waals surface area contributed by atoms with E-state index < -0.39 is 0 Å². The predicted octanol–water partition coefficient (Wildman–Crippen LogP) is 4.12. The lowest BCUT2D eigenvalue weighted by molar-refractivity contribution is 0.137. The van der Waals surface area contributed by atoms with E-state index in [4.69, 9.17) is 4.98 Å². The van der Waals surface area contributed by atoms with Crippen LogP contribution in [0.15, 0.2) is 36.7 Å². The molecule has 4 rings (SSSR count). The van der Waals surface area contributed by atoms with Crippen LogP contribution in [0.5, 0.6) is 0 Å². The predicted molar refractivity (Wildman–Crippen MR) is 117 cm³/mol. The lowest BCUT2D eigenvalue weighted by Gasteiger charge is -2.36. The largest absolute Gasteiger partial charge is 0.347 e. The van der Waals surface area contributed by atoms with Crippen molar-refractivity contribution in [3.63, 3.8) is 0 Å². The number of rotatable bonds is 5. The van der Waals surface area contributed by atoms with Crippen molar-refractivity contribution in [2.24, 2.45) is 7.05 Å². The maximum absolute atomic E-state index is 13.5. The van der Waals surface area contributed by atoms with E-state index in [1.54, 1.807) is 0 Å². The zero-order valence-electron chi connectivity index (χ0n) is 18.1. The fraction of sp³-hybridized carbons (Fsp3) is 0.435. The molecule has 0 aliphatic carbocycles. The summed E-state index contributed by atoms with van der Waals surface area (Å²) in [6, 6.07) is 6.80. The Morgan fingerprint density at radius 2 is 1.90 bits per heavy atom. The monoisotopic (exact) mass is 408 g/mol. The van der Waals surface area contributed by atoms with Crippen molar-refractivity contribution in [3.05, 3.63) is 59.4 Å². The van der Waals surface area contributed by atoms with Gasteiger partial charge in [-0.15, -0.1) is 0 Å². The van der Waals surface area contributed by atoms with E-state index in [1.807, 2.05) is 55.3 Å². The number of likely N-dealkylation sites (tertiary alicyclic amines) is 1. The van der Waals surface area contributed by atoms with Crippen molar-refractivity contribution in [2.75, 3.05) is 25.5 Å². The van der Waals surface area contributed by atoms with Crippen LogP contribution in [-0.4, -0.2) is 45.3 Å². The molecule has 158 valence electrons. The Morgan fingerprint density at radius 1 is 1.13 bits per heavy atom. The number of aryl methyl sites for hydroxylation is 1. The molecule has 0 amide bonds. The first kappa shape index (κ1) is 20.5. The Kier molecular flexibility index (Phi) is 5.81. The van der Waals surface area contributed by atoms with Crippen molar-refractivity contribution >= 4 is 5.95 Å². The second-order valence-corrected chi connectivity index (χ2v) is 8.23. The average molecular weight is 409 g/mol. The summed E-state index contributed by atoms with van der Waals surface area (Å²) < 4.78 is 15.4. The Bertz CT molecular complexity index is 1010. The molecular formula is C23H29FN6. The first-order chi connectivity index (χ1) is 14.4. The highest BCUT2D eigenvalue weighted by Crippen LogP contribution is 2.37. The van der Waals surface area contributed by atoms with Gasteiger partial charge in [-0.3, -0.25) is 9.58 Å². The molecule has 1 aliphatic rings. The van der Waals surface area contributed by atoms with Gasteiger partial charge in [0.2, 0.25) is 5.95 Å². The number of anilines is 1. The zero-order valence-corrected chi connectivity index (χ0v) is 18.1. The molecular weight excluding hydrogens is 379 g/mol. The molecule has 0 spiro atoms. The summed E-state index contributed by atoms with van der Waals surface area (Å²) in [5, 5.41) is 4.41. The molecule has 0 N–H and O–H groups in total. The SMILES string of the molecule is Cc1c(CN2CCCC[C@@H]2c2nc(N(C)C)ncc2-c2ccc(F)cc2)cnn1C. The van der Waals surface area contributed by atoms with Crippen LogP contribution in [0.3, 0.4) is 0 Å². The molecule has 2 aromatic heterocycles.